The van der Waals surface area contributed by atoms with E-state index in [4.69, 9.17) is 10.8 Å². The van der Waals surface area contributed by atoms with Gasteiger partial charge in [-0.15, -0.1) is 0 Å². The van der Waals surface area contributed by atoms with E-state index < -0.39 is 5.97 Å². The lowest BCUT2D eigenvalue weighted by molar-refractivity contribution is -0.138. The molecule has 2 rings (SSSR count). The molecular weight excluding hydrogens is 232 g/mol. The smallest absolute Gasteiger partial charge is 0.303 e. The van der Waals surface area contributed by atoms with Crippen LogP contribution in [0.1, 0.15) is 38.5 Å². The number of amides is 1. The van der Waals surface area contributed by atoms with E-state index in [9.17, 15) is 9.59 Å². The van der Waals surface area contributed by atoms with Crippen molar-refractivity contribution in [1.29, 1.82) is 0 Å². The van der Waals surface area contributed by atoms with E-state index in [0.29, 0.717) is 25.4 Å². The van der Waals surface area contributed by atoms with E-state index in [1.54, 1.807) is 0 Å². The van der Waals surface area contributed by atoms with Crippen molar-refractivity contribution in [3.63, 3.8) is 0 Å². The molecule has 1 unspecified atom stereocenters. The van der Waals surface area contributed by atoms with E-state index in [1.165, 1.54) is 0 Å². The predicted octanol–water partition coefficient (Wildman–Crippen LogP) is 0.829. The molecule has 102 valence electrons. The monoisotopic (exact) mass is 254 g/mol. The summed E-state index contributed by atoms with van der Waals surface area (Å²) in [7, 11) is 0. The van der Waals surface area contributed by atoms with Gasteiger partial charge in [0.25, 0.3) is 0 Å². The van der Waals surface area contributed by atoms with Crippen molar-refractivity contribution in [2.24, 2.45) is 17.1 Å². The predicted molar refractivity (Wildman–Crippen MR) is 66.9 cm³/mol. The highest BCUT2D eigenvalue weighted by Crippen LogP contribution is 2.46. The second kappa shape index (κ2) is 5.26. The van der Waals surface area contributed by atoms with Gasteiger partial charge in [0.05, 0.1) is 5.41 Å². The number of likely N-dealkylation sites (tertiary alicyclic amines) is 1. The first kappa shape index (κ1) is 13.3. The van der Waals surface area contributed by atoms with Gasteiger partial charge in [-0.2, -0.15) is 0 Å². The molecule has 0 aromatic rings. The number of piperidine rings is 1. The second-order valence-corrected chi connectivity index (χ2v) is 5.68. The third-order valence-electron chi connectivity index (χ3n) is 4.27. The number of hydrogen-bond donors (Lipinski definition) is 2. The molecule has 0 spiro atoms. The Kier molecular flexibility index (Phi) is 3.90. The number of carboxylic acid groups (broad SMARTS) is 1. The van der Waals surface area contributed by atoms with Gasteiger partial charge in [0.2, 0.25) is 5.91 Å². The Morgan fingerprint density at radius 1 is 1.39 bits per heavy atom. The average Bonchev–Trinajstić information content (AvgIpc) is 3.17. The van der Waals surface area contributed by atoms with E-state index in [1.807, 2.05) is 4.90 Å². The number of carbonyl (C=O) groups is 2. The van der Waals surface area contributed by atoms with Gasteiger partial charge in [-0.25, -0.2) is 0 Å². The molecule has 3 N–H and O–H groups in total. The minimum Gasteiger partial charge on any atom is -0.481 e. The lowest BCUT2D eigenvalue weighted by Crippen LogP contribution is -2.45. The quantitative estimate of drug-likeness (QED) is 0.761. The van der Waals surface area contributed by atoms with Gasteiger partial charge in [0.1, 0.15) is 0 Å². The first-order valence-corrected chi connectivity index (χ1v) is 6.79. The van der Waals surface area contributed by atoms with Crippen LogP contribution in [0.15, 0.2) is 0 Å². The summed E-state index contributed by atoms with van der Waals surface area (Å²) in [4.78, 5) is 24.8. The third kappa shape index (κ3) is 2.83. The highest BCUT2D eigenvalue weighted by Gasteiger charge is 2.50. The number of carbonyl (C=O) groups excluding carboxylic acids is 1. The van der Waals surface area contributed by atoms with Crippen molar-refractivity contribution in [3.05, 3.63) is 0 Å². The largest absolute Gasteiger partial charge is 0.481 e. The Balaban J connectivity index is 1.86. The molecule has 5 heteroatoms. The number of nitrogens with two attached hydrogens (primary N) is 1. The summed E-state index contributed by atoms with van der Waals surface area (Å²) in [6.07, 6.45) is 4.73. The molecule has 1 heterocycles. The molecule has 1 amide bonds. The summed E-state index contributed by atoms with van der Waals surface area (Å²) in [6, 6.07) is 0. The SMILES string of the molecule is NCC1(C(=O)N2CCCC(CCC(=O)O)C2)CC1. The Labute approximate surface area is 107 Å². The van der Waals surface area contributed by atoms with Crippen molar-refractivity contribution in [3.8, 4) is 0 Å². The molecule has 18 heavy (non-hydrogen) atoms. The molecule has 2 fully saturated rings. The zero-order valence-electron chi connectivity index (χ0n) is 10.7. The number of carboxylic acids is 1. The molecule has 1 atom stereocenters. The van der Waals surface area contributed by atoms with Gasteiger partial charge in [-0.3, -0.25) is 9.59 Å². The Hall–Kier alpha value is -1.10. The van der Waals surface area contributed by atoms with E-state index in [-0.39, 0.29) is 17.7 Å². The van der Waals surface area contributed by atoms with Gasteiger partial charge >= 0.3 is 5.97 Å². The summed E-state index contributed by atoms with van der Waals surface area (Å²) in [5.41, 5.74) is 5.42. The fourth-order valence-corrected chi connectivity index (χ4v) is 2.80. The molecule has 0 radical (unpaired) electrons. The molecule has 1 aliphatic carbocycles. The summed E-state index contributed by atoms with van der Waals surface area (Å²) < 4.78 is 0. The van der Waals surface area contributed by atoms with Crippen molar-refractivity contribution in [1.82, 2.24) is 4.90 Å². The molecule has 2 aliphatic rings. The van der Waals surface area contributed by atoms with Gasteiger partial charge in [-0.1, -0.05) is 0 Å². The Bertz CT molecular complexity index is 339. The van der Waals surface area contributed by atoms with Crippen molar-refractivity contribution in [2.75, 3.05) is 19.6 Å². The Morgan fingerprint density at radius 2 is 2.11 bits per heavy atom. The highest BCUT2D eigenvalue weighted by molar-refractivity contribution is 5.85. The minimum atomic E-state index is -0.751. The molecule has 0 aromatic heterocycles. The van der Waals surface area contributed by atoms with Gasteiger partial charge in [0, 0.05) is 26.1 Å². The van der Waals surface area contributed by atoms with Crippen molar-refractivity contribution >= 4 is 11.9 Å². The van der Waals surface area contributed by atoms with Crippen LogP contribution >= 0.6 is 0 Å². The number of hydrogen-bond acceptors (Lipinski definition) is 3. The number of aliphatic carboxylic acids is 1. The molecule has 0 aromatic carbocycles. The van der Waals surface area contributed by atoms with E-state index in [2.05, 4.69) is 0 Å². The molecular formula is C13H22N2O3. The summed E-state index contributed by atoms with van der Waals surface area (Å²) in [5, 5.41) is 8.70. The minimum absolute atomic E-state index is 0.199. The zero-order chi connectivity index (χ0) is 13.2. The highest BCUT2D eigenvalue weighted by atomic mass is 16.4. The number of rotatable bonds is 5. The maximum absolute atomic E-state index is 12.3. The van der Waals surface area contributed by atoms with Crippen molar-refractivity contribution < 1.29 is 14.7 Å². The van der Waals surface area contributed by atoms with E-state index in [0.717, 1.165) is 32.2 Å². The van der Waals surface area contributed by atoms with Crippen LogP contribution in [0.5, 0.6) is 0 Å². The van der Waals surface area contributed by atoms with Gasteiger partial charge < -0.3 is 15.7 Å². The fourth-order valence-electron chi connectivity index (χ4n) is 2.80. The van der Waals surface area contributed by atoms with Gasteiger partial charge in [-0.05, 0) is 38.0 Å². The topological polar surface area (TPSA) is 83.6 Å². The maximum atomic E-state index is 12.3. The Morgan fingerprint density at radius 3 is 2.67 bits per heavy atom. The van der Waals surface area contributed by atoms with Crippen LogP contribution < -0.4 is 5.73 Å². The zero-order valence-corrected chi connectivity index (χ0v) is 10.7. The van der Waals surface area contributed by atoms with Gasteiger partial charge in [0.15, 0.2) is 0 Å². The van der Waals surface area contributed by atoms with Crippen LogP contribution in [-0.2, 0) is 9.59 Å². The molecule has 5 nitrogen and oxygen atoms in total. The van der Waals surface area contributed by atoms with Crippen LogP contribution in [0.4, 0.5) is 0 Å². The lowest BCUT2D eigenvalue weighted by Gasteiger charge is -2.35. The first-order valence-electron chi connectivity index (χ1n) is 6.79. The third-order valence-corrected chi connectivity index (χ3v) is 4.27. The van der Waals surface area contributed by atoms with Crippen molar-refractivity contribution in [2.45, 2.75) is 38.5 Å². The van der Waals surface area contributed by atoms with Crippen LogP contribution in [0.25, 0.3) is 0 Å². The normalized spacial score (nSPS) is 25.8. The fraction of sp³-hybridized carbons (Fsp3) is 0.846. The van der Waals surface area contributed by atoms with Crippen LogP contribution in [0, 0.1) is 11.3 Å². The van der Waals surface area contributed by atoms with Crippen LogP contribution in [-0.4, -0.2) is 41.5 Å². The average molecular weight is 254 g/mol. The molecule has 1 saturated carbocycles. The number of nitrogens with zero attached hydrogens (tertiary/aromatic N) is 1. The molecule has 0 bridgehead atoms. The lowest BCUT2D eigenvalue weighted by atomic mass is 9.92. The molecule has 1 saturated heterocycles. The summed E-state index contributed by atoms with van der Waals surface area (Å²) in [6.45, 7) is 1.97. The maximum Gasteiger partial charge on any atom is 0.303 e. The van der Waals surface area contributed by atoms with E-state index >= 15 is 0 Å². The van der Waals surface area contributed by atoms with Crippen LogP contribution in [0.3, 0.4) is 0 Å². The second-order valence-electron chi connectivity index (χ2n) is 5.68. The summed E-state index contributed by atoms with van der Waals surface area (Å²) >= 11 is 0. The van der Waals surface area contributed by atoms with Crippen LogP contribution in [0.2, 0.25) is 0 Å². The standard InChI is InChI=1S/C13H22N2O3/c14-9-13(5-6-13)12(18)15-7-1-2-10(8-15)3-4-11(16)17/h10H,1-9,14H2,(H,16,17). The molecule has 1 aliphatic heterocycles. The first-order chi connectivity index (χ1) is 8.57. The summed E-state index contributed by atoms with van der Waals surface area (Å²) in [5.74, 6) is -0.212.